The summed E-state index contributed by atoms with van der Waals surface area (Å²) in [6.45, 7) is 1.64. The van der Waals surface area contributed by atoms with Crippen molar-refractivity contribution in [3.05, 3.63) is 89.0 Å². The molecule has 0 saturated carbocycles. The Hall–Kier alpha value is -3.03. The van der Waals surface area contributed by atoms with E-state index in [0.717, 1.165) is 54.6 Å². The second-order valence-electron chi connectivity index (χ2n) is 5.78. The van der Waals surface area contributed by atoms with Crippen LogP contribution < -0.4 is 0 Å². The third-order valence-corrected chi connectivity index (χ3v) is 3.83. The number of ether oxygens (including phenoxy) is 1. The van der Waals surface area contributed by atoms with Gasteiger partial charge in [0, 0.05) is 6.08 Å². The number of carbonyl (C=O) groups is 1. The van der Waals surface area contributed by atoms with Crippen LogP contribution in [0.1, 0.15) is 29.2 Å². The van der Waals surface area contributed by atoms with E-state index in [1.165, 1.54) is 12.1 Å². The molecule has 8 heteroatoms. The van der Waals surface area contributed by atoms with Crippen molar-refractivity contribution in [2.45, 2.75) is 19.3 Å². The molecule has 0 saturated heterocycles. The van der Waals surface area contributed by atoms with Crippen LogP contribution >= 0.6 is 0 Å². The quantitative estimate of drug-likeness (QED) is 0.249. The lowest BCUT2D eigenvalue weighted by Crippen LogP contribution is -2.12. The fourth-order valence-electron chi connectivity index (χ4n) is 2.67. The molecule has 154 valence electrons. The third-order valence-electron chi connectivity index (χ3n) is 3.83. The largest absolute Gasteiger partial charge is 0.463 e. The van der Waals surface area contributed by atoms with Crippen LogP contribution in [0.2, 0.25) is 0 Å². The first-order valence-electron chi connectivity index (χ1n) is 8.44. The highest BCUT2D eigenvalue weighted by Gasteiger charge is 2.37. The Balaban J connectivity index is 2.73. The SMILES string of the molecule is CCOC(=O)/C=C/C=C(c1ccccc1C(F)(F)F)c1ccccc1C(F)(F)F. The molecule has 2 rings (SSSR count). The Morgan fingerprint density at radius 1 is 0.862 bits per heavy atom. The molecule has 29 heavy (non-hydrogen) atoms. The highest BCUT2D eigenvalue weighted by atomic mass is 19.4. The van der Waals surface area contributed by atoms with E-state index in [9.17, 15) is 31.1 Å². The Labute approximate surface area is 163 Å². The molecule has 0 heterocycles. The van der Waals surface area contributed by atoms with E-state index in [2.05, 4.69) is 4.74 Å². The molecule has 0 bridgehead atoms. The van der Waals surface area contributed by atoms with Crippen LogP contribution in [0.3, 0.4) is 0 Å². The van der Waals surface area contributed by atoms with E-state index in [-0.39, 0.29) is 12.2 Å². The Morgan fingerprint density at radius 3 is 1.72 bits per heavy atom. The van der Waals surface area contributed by atoms with Gasteiger partial charge in [0.2, 0.25) is 0 Å². The van der Waals surface area contributed by atoms with Gasteiger partial charge in [0.1, 0.15) is 0 Å². The second-order valence-corrected chi connectivity index (χ2v) is 5.78. The van der Waals surface area contributed by atoms with Gasteiger partial charge in [0.25, 0.3) is 0 Å². The minimum absolute atomic E-state index is 0.0769. The smallest absolute Gasteiger partial charge is 0.417 e. The molecule has 0 fully saturated rings. The molecule has 0 N–H and O–H groups in total. The normalized spacial score (nSPS) is 12.1. The number of hydrogen-bond donors (Lipinski definition) is 0. The molecule has 2 aromatic rings. The molecule has 0 aliphatic carbocycles. The fraction of sp³-hybridized carbons (Fsp3) is 0.190. The number of alkyl halides is 6. The van der Waals surface area contributed by atoms with Gasteiger partial charge >= 0.3 is 18.3 Å². The van der Waals surface area contributed by atoms with Gasteiger partial charge in [-0.25, -0.2) is 4.79 Å². The van der Waals surface area contributed by atoms with Gasteiger partial charge in [-0.3, -0.25) is 0 Å². The monoisotopic (exact) mass is 414 g/mol. The molecule has 0 unspecified atom stereocenters. The van der Waals surface area contributed by atoms with Crippen molar-refractivity contribution < 1.29 is 35.9 Å². The van der Waals surface area contributed by atoms with Crippen molar-refractivity contribution in [3.63, 3.8) is 0 Å². The summed E-state index contributed by atoms with van der Waals surface area (Å²) in [6, 6.07) is 8.62. The number of allylic oxidation sites excluding steroid dienone is 2. The van der Waals surface area contributed by atoms with Gasteiger partial charge in [0.05, 0.1) is 17.7 Å². The highest BCUT2D eigenvalue weighted by molar-refractivity contribution is 5.86. The first-order valence-corrected chi connectivity index (χ1v) is 8.44. The summed E-state index contributed by atoms with van der Waals surface area (Å²) in [7, 11) is 0. The van der Waals surface area contributed by atoms with Gasteiger partial charge in [-0.15, -0.1) is 0 Å². The van der Waals surface area contributed by atoms with Crippen LogP contribution in [0.25, 0.3) is 5.57 Å². The standard InChI is InChI=1S/C21H16F6O2/c1-2-29-19(28)13-7-10-14(15-8-3-5-11-17(15)20(22,23)24)16-9-4-6-12-18(16)21(25,26)27/h3-13H,2H2,1H3/b13-7+. The average Bonchev–Trinajstić information content (AvgIpc) is 2.64. The number of esters is 1. The van der Waals surface area contributed by atoms with Crippen LogP contribution in [0.15, 0.2) is 66.8 Å². The molecular formula is C21H16F6O2. The molecule has 0 radical (unpaired) electrons. The fourth-order valence-corrected chi connectivity index (χ4v) is 2.67. The lowest BCUT2D eigenvalue weighted by molar-refractivity contribution is -0.138. The molecule has 2 aromatic carbocycles. The Morgan fingerprint density at radius 2 is 1.31 bits per heavy atom. The lowest BCUT2D eigenvalue weighted by atomic mass is 9.90. The lowest BCUT2D eigenvalue weighted by Gasteiger charge is -2.19. The predicted molar refractivity (Wildman–Crippen MR) is 95.7 cm³/mol. The number of hydrogen-bond acceptors (Lipinski definition) is 2. The van der Waals surface area contributed by atoms with E-state index in [1.807, 2.05) is 0 Å². The van der Waals surface area contributed by atoms with Gasteiger partial charge in [-0.05, 0) is 35.8 Å². The van der Waals surface area contributed by atoms with Gasteiger partial charge in [0.15, 0.2) is 0 Å². The van der Waals surface area contributed by atoms with Crippen LogP contribution in [-0.4, -0.2) is 12.6 Å². The van der Waals surface area contributed by atoms with Crippen molar-refractivity contribution in [1.29, 1.82) is 0 Å². The molecule has 0 atom stereocenters. The number of rotatable bonds is 5. The second kappa shape index (κ2) is 8.98. The van der Waals surface area contributed by atoms with Crippen LogP contribution in [0.5, 0.6) is 0 Å². The maximum Gasteiger partial charge on any atom is 0.417 e. The van der Waals surface area contributed by atoms with Gasteiger partial charge in [-0.2, -0.15) is 26.3 Å². The number of benzene rings is 2. The van der Waals surface area contributed by atoms with Crippen molar-refractivity contribution in [2.24, 2.45) is 0 Å². The molecule has 0 aliphatic heterocycles. The van der Waals surface area contributed by atoms with Crippen molar-refractivity contribution >= 4 is 11.5 Å². The molecule has 0 aliphatic rings. The minimum Gasteiger partial charge on any atom is -0.463 e. The summed E-state index contributed by atoms with van der Waals surface area (Å²) in [5, 5.41) is 0. The molecule has 2 nitrogen and oxygen atoms in total. The van der Waals surface area contributed by atoms with Gasteiger partial charge in [-0.1, -0.05) is 48.6 Å². The van der Waals surface area contributed by atoms with E-state index in [1.54, 1.807) is 6.92 Å². The minimum atomic E-state index is -4.78. The van der Waals surface area contributed by atoms with Gasteiger partial charge < -0.3 is 4.74 Å². The van der Waals surface area contributed by atoms with Crippen molar-refractivity contribution in [1.82, 2.24) is 0 Å². The number of carbonyl (C=O) groups excluding carboxylic acids is 1. The van der Waals surface area contributed by atoms with Crippen LogP contribution in [0.4, 0.5) is 26.3 Å². The summed E-state index contributed by atoms with van der Waals surface area (Å²) in [5.41, 5.74) is -3.39. The van der Waals surface area contributed by atoms with Crippen molar-refractivity contribution in [3.8, 4) is 0 Å². The molecule has 0 amide bonds. The predicted octanol–water partition coefficient (Wildman–Crippen LogP) is 6.28. The Bertz CT molecular complexity index is 864. The van der Waals surface area contributed by atoms with E-state index >= 15 is 0 Å². The first kappa shape index (κ1) is 22.3. The van der Waals surface area contributed by atoms with E-state index < -0.39 is 40.6 Å². The summed E-state index contributed by atoms with van der Waals surface area (Å²) in [6.07, 6.45) is -6.54. The molecular weight excluding hydrogens is 398 g/mol. The average molecular weight is 414 g/mol. The van der Waals surface area contributed by atoms with Crippen LogP contribution in [-0.2, 0) is 21.9 Å². The Kier molecular flexibility index (Phi) is 6.89. The molecule has 0 spiro atoms. The zero-order valence-electron chi connectivity index (χ0n) is 15.1. The van der Waals surface area contributed by atoms with E-state index in [0.29, 0.717) is 0 Å². The molecule has 0 aromatic heterocycles. The summed E-state index contributed by atoms with van der Waals surface area (Å²) in [5.74, 6) is -0.767. The zero-order valence-corrected chi connectivity index (χ0v) is 15.1. The third kappa shape index (κ3) is 5.73. The summed E-state index contributed by atoms with van der Waals surface area (Å²) < 4.78 is 85.5. The summed E-state index contributed by atoms with van der Waals surface area (Å²) in [4.78, 5) is 11.5. The maximum absolute atomic E-state index is 13.5. The van der Waals surface area contributed by atoms with Crippen LogP contribution in [0, 0.1) is 0 Å². The topological polar surface area (TPSA) is 26.3 Å². The number of halogens is 6. The zero-order chi connectivity index (χ0) is 21.7. The highest BCUT2D eigenvalue weighted by Crippen LogP contribution is 2.41. The van der Waals surface area contributed by atoms with E-state index in [4.69, 9.17) is 0 Å². The summed E-state index contributed by atoms with van der Waals surface area (Å²) >= 11 is 0. The van der Waals surface area contributed by atoms with Crippen molar-refractivity contribution in [2.75, 3.05) is 6.61 Å². The maximum atomic E-state index is 13.5. The first-order chi connectivity index (χ1) is 13.6.